The van der Waals surface area contributed by atoms with Gasteiger partial charge in [-0.05, 0) is 0 Å². The molecule has 0 radical (unpaired) electrons. The fourth-order valence-corrected chi connectivity index (χ4v) is 1.44. The molecule has 30 heavy (non-hydrogen) atoms. The predicted octanol–water partition coefficient (Wildman–Crippen LogP) is 1.20. The van der Waals surface area contributed by atoms with Gasteiger partial charge in [-0.1, -0.05) is 12.1 Å². The van der Waals surface area contributed by atoms with Gasteiger partial charge < -0.3 is 9.11 Å². The van der Waals surface area contributed by atoms with Crippen molar-refractivity contribution in [2.75, 3.05) is 0 Å². The average Bonchev–Trinajstić information content (AvgIpc) is 2.59. The van der Waals surface area contributed by atoms with Crippen LogP contribution in [0, 0.1) is 0 Å². The van der Waals surface area contributed by atoms with Crippen LogP contribution in [0.4, 0.5) is 26.3 Å². The van der Waals surface area contributed by atoms with Crippen LogP contribution in [0.1, 0.15) is 11.4 Å². The molecule has 16 heteroatoms. The molecule has 0 saturated carbocycles. The molecule has 0 aliphatic rings. The maximum atomic E-state index is 10.7. The van der Waals surface area contributed by atoms with Crippen molar-refractivity contribution >= 4 is 20.2 Å². The molecule has 0 aromatic carbocycles. The van der Waals surface area contributed by atoms with Gasteiger partial charge in [-0.3, -0.25) is 0 Å². The number of H-pyrrole nitrogens is 2. The summed E-state index contributed by atoms with van der Waals surface area (Å²) in [6.07, 6.45) is 6.01. The summed E-state index contributed by atoms with van der Waals surface area (Å²) in [6, 6.07) is 12.3. The van der Waals surface area contributed by atoms with Crippen molar-refractivity contribution in [3.05, 3.63) is 60.2 Å². The minimum Gasteiger partial charge on any atom is -0.741 e. The molecule has 0 unspecified atom stereocenters. The number of alkyl halides is 6. The Kier molecular flexibility index (Phi) is 10.3. The van der Waals surface area contributed by atoms with E-state index in [9.17, 15) is 26.3 Å². The van der Waals surface area contributed by atoms with E-state index in [2.05, 4.69) is 34.2 Å². The van der Waals surface area contributed by atoms with Crippen LogP contribution in [0.5, 0.6) is 0 Å². The Morgan fingerprint density at radius 1 is 0.667 bits per heavy atom. The highest BCUT2D eigenvalue weighted by molar-refractivity contribution is 7.86. The number of aromatic amines is 2. The Morgan fingerprint density at radius 2 is 0.933 bits per heavy atom. The summed E-state index contributed by atoms with van der Waals surface area (Å²) in [4.78, 5) is 6.45. The zero-order chi connectivity index (χ0) is 23.6. The first-order chi connectivity index (χ1) is 13.4. The summed E-state index contributed by atoms with van der Waals surface area (Å²) < 4.78 is 118. The number of aromatic nitrogens is 2. The van der Waals surface area contributed by atoms with Gasteiger partial charge in [0.15, 0.2) is 44.0 Å². The standard InChI is InChI=1S/C12H12N2.2CHF3O3S/c1-3-9-13-11(5-1)7-8-12-6-2-4-10-14-12;2*2-1(3,4)8(5,6)7/h1-6,9-10H,7-8H2;2*(H,5,6,7). The lowest BCUT2D eigenvalue weighted by atomic mass is 10.1. The van der Waals surface area contributed by atoms with E-state index in [4.69, 9.17) is 25.9 Å². The van der Waals surface area contributed by atoms with Crippen LogP contribution >= 0.6 is 0 Å². The maximum absolute atomic E-state index is 10.7. The quantitative estimate of drug-likeness (QED) is 0.364. The summed E-state index contributed by atoms with van der Waals surface area (Å²) >= 11 is 0. The molecule has 2 aromatic heterocycles. The smallest absolute Gasteiger partial charge is 0.485 e. The molecule has 2 heterocycles. The van der Waals surface area contributed by atoms with Crippen LogP contribution in [0.2, 0.25) is 0 Å². The molecule has 0 fully saturated rings. The van der Waals surface area contributed by atoms with Crippen molar-refractivity contribution in [3.63, 3.8) is 0 Å². The largest absolute Gasteiger partial charge is 0.741 e. The summed E-state index contributed by atoms with van der Waals surface area (Å²) in [5, 5.41) is 0. The lowest BCUT2D eigenvalue weighted by Gasteiger charge is -2.08. The molecule has 8 nitrogen and oxygen atoms in total. The third kappa shape index (κ3) is 11.6. The highest BCUT2D eigenvalue weighted by Gasteiger charge is 2.37. The Labute approximate surface area is 167 Å². The molecular formula is C14H14F6N2O6S2. The van der Waals surface area contributed by atoms with E-state index < -0.39 is 31.3 Å². The first kappa shape index (κ1) is 27.7. The van der Waals surface area contributed by atoms with E-state index in [1.54, 1.807) is 0 Å². The molecule has 2 rings (SSSR count). The SMILES string of the molecule is O=S(=O)([O-])C(F)(F)F.O=S(=O)([O-])C(F)(F)F.c1ccc(CCc2cccc[nH+]2)[nH+]c1. The van der Waals surface area contributed by atoms with E-state index in [1.807, 2.05) is 24.5 Å². The molecule has 0 amide bonds. The van der Waals surface area contributed by atoms with E-state index >= 15 is 0 Å². The lowest BCUT2D eigenvalue weighted by Crippen LogP contribution is -2.21. The van der Waals surface area contributed by atoms with Crippen LogP contribution in [0.3, 0.4) is 0 Å². The monoisotopic (exact) mass is 484 g/mol. The van der Waals surface area contributed by atoms with Gasteiger partial charge in [0.25, 0.3) is 0 Å². The third-order valence-electron chi connectivity index (χ3n) is 2.78. The van der Waals surface area contributed by atoms with Crippen LogP contribution in [0.15, 0.2) is 48.8 Å². The Hall–Kier alpha value is -2.30. The number of rotatable bonds is 3. The molecule has 2 N–H and O–H groups in total. The van der Waals surface area contributed by atoms with Gasteiger partial charge in [-0.2, -0.15) is 26.3 Å². The van der Waals surface area contributed by atoms with Gasteiger partial charge in [0.05, 0.1) is 0 Å². The van der Waals surface area contributed by atoms with Crippen molar-refractivity contribution in [2.45, 2.75) is 23.9 Å². The molecule has 2 aromatic rings. The first-order valence-electron chi connectivity index (χ1n) is 7.40. The topological polar surface area (TPSA) is 143 Å². The number of nitrogens with one attached hydrogen (secondary N) is 2. The molecule has 0 saturated heterocycles. The van der Waals surface area contributed by atoms with Gasteiger partial charge in [-0.15, -0.1) is 0 Å². The first-order valence-corrected chi connectivity index (χ1v) is 10.2. The van der Waals surface area contributed by atoms with Crippen molar-refractivity contribution in [3.8, 4) is 0 Å². The van der Waals surface area contributed by atoms with Gasteiger partial charge in [0.2, 0.25) is 0 Å². The molecule has 0 atom stereocenters. The second-order valence-electron chi connectivity index (χ2n) is 5.08. The van der Waals surface area contributed by atoms with Crippen molar-refractivity contribution in [2.24, 2.45) is 0 Å². The van der Waals surface area contributed by atoms with Crippen LogP contribution in [0.25, 0.3) is 0 Å². The minimum atomic E-state index is -6.09. The molecule has 170 valence electrons. The zero-order valence-corrected chi connectivity index (χ0v) is 16.2. The Balaban J connectivity index is 0.000000456. The second-order valence-corrected chi connectivity index (χ2v) is 7.82. The van der Waals surface area contributed by atoms with Gasteiger partial charge >= 0.3 is 11.0 Å². The second kappa shape index (κ2) is 11.2. The van der Waals surface area contributed by atoms with Gasteiger partial charge in [-0.25, -0.2) is 26.8 Å². The number of aryl methyl sites for hydroxylation is 2. The molecule has 0 aliphatic heterocycles. The Morgan fingerprint density at radius 3 is 1.10 bits per heavy atom. The average molecular weight is 484 g/mol. The number of hydrogen-bond acceptors (Lipinski definition) is 6. The van der Waals surface area contributed by atoms with Crippen molar-refractivity contribution in [1.29, 1.82) is 0 Å². The lowest BCUT2D eigenvalue weighted by molar-refractivity contribution is -0.397. The van der Waals surface area contributed by atoms with Gasteiger partial charge in [0.1, 0.15) is 0 Å². The third-order valence-corrected chi connectivity index (χ3v) is 3.91. The summed E-state index contributed by atoms with van der Waals surface area (Å²) in [5.74, 6) is 0. The summed E-state index contributed by atoms with van der Waals surface area (Å²) in [6.45, 7) is 0. The highest BCUT2D eigenvalue weighted by atomic mass is 32.2. The highest BCUT2D eigenvalue weighted by Crippen LogP contribution is 2.21. The summed E-state index contributed by atoms with van der Waals surface area (Å²) in [5.41, 5.74) is -8.76. The van der Waals surface area contributed by atoms with E-state index in [-0.39, 0.29) is 0 Å². The molecular weight excluding hydrogens is 470 g/mol. The fraction of sp³-hybridized carbons (Fsp3) is 0.286. The molecule has 0 aliphatic carbocycles. The molecule has 0 spiro atoms. The van der Waals surface area contributed by atoms with Crippen LogP contribution in [-0.4, -0.2) is 37.0 Å². The number of pyridine rings is 2. The normalized spacial score (nSPS) is 12.1. The number of hydrogen-bond donors (Lipinski definition) is 0. The van der Waals surface area contributed by atoms with Crippen LogP contribution in [-0.2, 0) is 33.1 Å². The maximum Gasteiger partial charge on any atom is 0.485 e. The number of halogens is 6. The van der Waals surface area contributed by atoms with Crippen molar-refractivity contribution < 1.29 is 62.3 Å². The minimum absolute atomic E-state index is 1.04. The zero-order valence-electron chi connectivity index (χ0n) is 14.6. The van der Waals surface area contributed by atoms with E-state index in [0.29, 0.717) is 0 Å². The summed E-state index contributed by atoms with van der Waals surface area (Å²) in [7, 11) is -12.2. The molecule has 0 bridgehead atoms. The fourth-order valence-electron chi connectivity index (χ4n) is 1.44. The van der Waals surface area contributed by atoms with Crippen LogP contribution < -0.4 is 9.97 Å². The predicted molar refractivity (Wildman–Crippen MR) is 84.9 cm³/mol. The van der Waals surface area contributed by atoms with E-state index in [0.717, 1.165) is 12.8 Å². The van der Waals surface area contributed by atoms with E-state index in [1.165, 1.54) is 11.4 Å². The Bertz CT molecular complexity index is 884. The van der Waals surface area contributed by atoms with Crippen molar-refractivity contribution in [1.82, 2.24) is 0 Å². The van der Waals surface area contributed by atoms with Gasteiger partial charge in [0, 0.05) is 37.1 Å².